The van der Waals surface area contributed by atoms with E-state index in [9.17, 15) is 14.9 Å². The molecule has 2 aromatic rings. The van der Waals surface area contributed by atoms with Crippen molar-refractivity contribution in [2.24, 2.45) is 0 Å². The fraction of sp³-hybridized carbons (Fsp3) is 0.474. The molecule has 28 heavy (non-hydrogen) atoms. The molecule has 0 atom stereocenters. The Kier molecular flexibility index (Phi) is 5.25. The number of piperidine rings is 1. The first-order chi connectivity index (χ1) is 13.6. The number of hydrogen-bond acceptors (Lipinski definition) is 6. The standard InChI is InChI=1S/C19H23N5O4/c25-19(22-10-12-28-13-11-22)15-2-3-17(18(14-15)24(26)27)21-8-4-16(5-9-21)23-7-1-6-20-23/h1-3,6-7,14,16H,4-5,8-13H2. The van der Waals surface area contributed by atoms with Gasteiger partial charge in [0.2, 0.25) is 0 Å². The first kappa shape index (κ1) is 18.4. The van der Waals surface area contributed by atoms with Crippen molar-refractivity contribution in [3.05, 3.63) is 52.3 Å². The molecule has 1 aromatic carbocycles. The molecule has 2 saturated heterocycles. The van der Waals surface area contributed by atoms with Gasteiger partial charge in [0, 0.05) is 50.2 Å². The largest absolute Gasteiger partial charge is 0.378 e. The predicted octanol–water partition coefficient (Wildman–Crippen LogP) is 2.11. The van der Waals surface area contributed by atoms with Crippen molar-refractivity contribution in [1.82, 2.24) is 14.7 Å². The van der Waals surface area contributed by atoms with Gasteiger partial charge in [-0.1, -0.05) is 0 Å². The van der Waals surface area contributed by atoms with E-state index in [1.54, 1.807) is 23.2 Å². The quantitative estimate of drug-likeness (QED) is 0.591. The van der Waals surface area contributed by atoms with E-state index in [1.807, 2.05) is 21.8 Å². The highest BCUT2D eigenvalue weighted by atomic mass is 16.6. The molecular formula is C19H23N5O4. The Bertz CT molecular complexity index is 840. The van der Waals surface area contributed by atoms with Gasteiger partial charge in [-0.05, 0) is 31.0 Å². The Labute approximate surface area is 162 Å². The minimum Gasteiger partial charge on any atom is -0.378 e. The number of hydrogen-bond donors (Lipinski definition) is 0. The normalized spacial score (nSPS) is 18.3. The zero-order valence-electron chi connectivity index (χ0n) is 15.6. The number of carbonyl (C=O) groups is 1. The minimum atomic E-state index is -0.398. The van der Waals surface area contributed by atoms with Gasteiger partial charge in [-0.25, -0.2) is 0 Å². The van der Waals surface area contributed by atoms with Gasteiger partial charge in [0.05, 0.1) is 24.2 Å². The van der Waals surface area contributed by atoms with E-state index >= 15 is 0 Å². The van der Waals surface area contributed by atoms with E-state index < -0.39 is 4.92 Å². The Morgan fingerprint density at radius 1 is 1.18 bits per heavy atom. The average Bonchev–Trinajstić information content (AvgIpc) is 3.28. The van der Waals surface area contributed by atoms with Crippen LogP contribution in [0, 0.1) is 10.1 Å². The number of nitro groups is 1. The summed E-state index contributed by atoms with van der Waals surface area (Å²) in [5, 5.41) is 16.0. The minimum absolute atomic E-state index is 0.0170. The van der Waals surface area contributed by atoms with Crippen molar-refractivity contribution in [2.45, 2.75) is 18.9 Å². The van der Waals surface area contributed by atoms with E-state index in [4.69, 9.17) is 4.74 Å². The highest BCUT2D eigenvalue weighted by molar-refractivity contribution is 5.96. The molecule has 1 aromatic heterocycles. The number of nitro benzene ring substituents is 1. The van der Waals surface area contributed by atoms with E-state index in [0.29, 0.717) is 56.7 Å². The molecule has 9 nitrogen and oxygen atoms in total. The second-order valence-corrected chi connectivity index (χ2v) is 7.07. The van der Waals surface area contributed by atoms with Gasteiger partial charge in [-0.15, -0.1) is 0 Å². The molecule has 0 radical (unpaired) electrons. The average molecular weight is 385 g/mol. The van der Waals surface area contributed by atoms with Crippen molar-refractivity contribution in [3.8, 4) is 0 Å². The predicted molar refractivity (Wildman–Crippen MR) is 103 cm³/mol. The topological polar surface area (TPSA) is 93.7 Å². The SMILES string of the molecule is O=C(c1ccc(N2CCC(n3cccn3)CC2)c([N+](=O)[O-])c1)N1CCOCC1. The molecule has 0 spiro atoms. The molecule has 0 N–H and O–H groups in total. The van der Waals surface area contributed by atoms with Crippen LogP contribution in [0.5, 0.6) is 0 Å². The van der Waals surface area contributed by atoms with Gasteiger partial charge >= 0.3 is 0 Å². The van der Waals surface area contributed by atoms with Crippen LogP contribution in [0.4, 0.5) is 11.4 Å². The number of anilines is 1. The molecule has 2 fully saturated rings. The van der Waals surface area contributed by atoms with Gasteiger partial charge < -0.3 is 14.5 Å². The van der Waals surface area contributed by atoms with Gasteiger partial charge in [-0.3, -0.25) is 19.6 Å². The van der Waals surface area contributed by atoms with Crippen LogP contribution in [0.2, 0.25) is 0 Å². The molecule has 3 heterocycles. The van der Waals surface area contributed by atoms with Gasteiger partial charge in [-0.2, -0.15) is 5.10 Å². The maximum Gasteiger partial charge on any atom is 0.293 e. The van der Waals surface area contributed by atoms with E-state index in [1.165, 1.54) is 6.07 Å². The monoisotopic (exact) mass is 385 g/mol. The second-order valence-electron chi connectivity index (χ2n) is 7.07. The number of benzene rings is 1. The second kappa shape index (κ2) is 7.97. The summed E-state index contributed by atoms with van der Waals surface area (Å²) in [6, 6.07) is 7.03. The summed E-state index contributed by atoms with van der Waals surface area (Å²) < 4.78 is 7.22. The number of carbonyl (C=O) groups excluding carboxylic acids is 1. The van der Waals surface area contributed by atoms with Crippen molar-refractivity contribution in [3.63, 3.8) is 0 Å². The zero-order valence-corrected chi connectivity index (χ0v) is 15.6. The summed E-state index contributed by atoms with van der Waals surface area (Å²) in [7, 11) is 0. The van der Waals surface area contributed by atoms with E-state index in [0.717, 1.165) is 12.8 Å². The van der Waals surface area contributed by atoms with E-state index in [2.05, 4.69) is 5.10 Å². The smallest absolute Gasteiger partial charge is 0.293 e. The number of ether oxygens (including phenoxy) is 1. The van der Waals surface area contributed by atoms with Crippen LogP contribution < -0.4 is 4.90 Å². The van der Waals surface area contributed by atoms with Crippen LogP contribution in [0.25, 0.3) is 0 Å². The molecule has 4 rings (SSSR count). The number of rotatable bonds is 4. The van der Waals surface area contributed by atoms with Crippen molar-refractivity contribution in [1.29, 1.82) is 0 Å². The summed E-state index contributed by atoms with van der Waals surface area (Å²) in [5.41, 5.74) is 0.905. The van der Waals surface area contributed by atoms with Crippen LogP contribution >= 0.6 is 0 Å². The Balaban J connectivity index is 1.51. The highest BCUT2D eigenvalue weighted by Crippen LogP contribution is 2.33. The summed E-state index contributed by atoms with van der Waals surface area (Å²) in [4.78, 5) is 27.7. The van der Waals surface area contributed by atoms with Crippen LogP contribution in [-0.2, 0) is 4.74 Å². The Morgan fingerprint density at radius 2 is 1.93 bits per heavy atom. The maximum atomic E-state index is 12.7. The third kappa shape index (κ3) is 3.70. The lowest BCUT2D eigenvalue weighted by Crippen LogP contribution is -2.40. The molecule has 0 aliphatic carbocycles. The van der Waals surface area contributed by atoms with Crippen LogP contribution in [0.1, 0.15) is 29.2 Å². The first-order valence-electron chi connectivity index (χ1n) is 9.53. The fourth-order valence-electron chi connectivity index (χ4n) is 3.89. The fourth-order valence-corrected chi connectivity index (χ4v) is 3.89. The van der Waals surface area contributed by atoms with Gasteiger partial charge in [0.1, 0.15) is 5.69 Å². The highest BCUT2D eigenvalue weighted by Gasteiger charge is 2.28. The molecule has 1 amide bonds. The third-order valence-corrected chi connectivity index (χ3v) is 5.42. The molecule has 2 aliphatic rings. The number of morpholine rings is 1. The lowest BCUT2D eigenvalue weighted by Gasteiger charge is -2.33. The number of aromatic nitrogens is 2. The van der Waals surface area contributed by atoms with Crippen molar-refractivity contribution < 1.29 is 14.5 Å². The maximum absolute atomic E-state index is 12.7. The first-order valence-corrected chi connectivity index (χ1v) is 9.53. The van der Waals surface area contributed by atoms with Crippen LogP contribution in [0.3, 0.4) is 0 Å². The Hall–Kier alpha value is -2.94. The van der Waals surface area contributed by atoms with Crippen molar-refractivity contribution >= 4 is 17.3 Å². The molecule has 0 saturated carbocycles. The Morgan fingerprint density at radius 3 is 2.57 bits per heavy atom. The van der Waals surface area contributed by atoms with E-state index in [-0.39, 0.29) is 11.6 Å². The molecular weight excluding hydrogens is 362 g/mol. The summed E-state index contributed by atoms with van der Waals surface area (Å²) >= 11 is 0. The van der Waals surface area contributed by atoms with Gasteiger partial charge in [0.25, 0.3) is 11.6 Å². The molecule has 2 aliphatic heterocycles. The third-order valence-electron chi connectivity index (χ3n) is 5.42. The number of nitrogens with zero attached hydrogens (tertiary/aromatic N) is 5. The molecule has 9 heteroatoms. The molecule has 148 valence electrons. The lowest BCUT2D eigenvalue weighted by atomic mass is 10.0. The zero-order chi connectivity index (χ0) is 19.5. The van der Waals surface area contributed by atoms with Crippen LogP contribution in [0.15, 0.2) is 36.7 Å². The lowest BCUT2D eigenvalue weighted by molar-refractivity contribution is -0.384. The summed E-state index contributed by atoms with van der Waals surface area (Å²) in [6.45, 7) is 3.43. The summed E-state index contributed by atoms with van der Waals surface area (Å²) in [6.07, 6.45) is 5.46. The van der Waals surface area contributed by atoms with Gasteiger partial charge in [0.15, 0.2) is 0 Å². The van der Waals surface area contributed by atoms with Crippen LogP contribution in [-0.4, -0.2) is 64.9 Å². The van der Waals surface area contributed by atoms with Crippen molar-refractivity contribution in [2.75, 3.05) is 44.3 Å². The summed E-state index contributed by atoms with van der Waals surface area (Å²) in [5.74, 6) is -0.185. The molecule has 0 bridgehead atoms. The molecule has 0 unspecified atom stereocenters. The number of amides is 1.